The van der Waals surface area contributed by atoms with Gasteiger partial charge in [0.2, 0.25) is 5.82 Å². The van der Waals surface area contributed by atoms with E-state index in [1.165, 1.54) is 18.2 Å². The zero-order valence-electron chi connectivity index (χ0n) is 9.13. The molecule has 0 unspecified atom stereocenters. The van der Waals surface area contributed by atoms with E-state index in [-0.39, 0.29) is 23.7 Å². The summed E-state index contributed by atoms with van der Waals surface area (Å²) in [5.74, 6) is -1.90. The molecule has 2 rings (SSSR count). The van der Waals surface area contributed by atoms with Gasteiger partial charge >= 0.3 is 0 Å². The van der Waals surface area contributed by atoms with Gasteiger partial charge in [-0.25, -0.2) is 4.39 Å². The molecule has 0 saturated heterocycles. The molecule has 0 fully saturated rings. The number of nitrogens with one attached hydrogen (secondary N) is 1. The predicted molar refractivity (Wildman–Crippen MR) is 59.5 cm³/mol. The maximum atomic E-state index is 13.7. The number of hydrogen-bond acceptors (Lipinski definition) is 3. The van der Waals surface area contributed by atoms with E-state index in [4.69, 9.17) is 10.5 Å². The zero-order chi connectivity index (χ0) is 12.4. The fraction of sp³-hybridized carbons (Fsp3) is 0.182. The Kier molecular flexibility index (Phi) is 2.95. The van der Waals surface area contributed by atoms with Gasteiger partial charge in [-0.15, -0.1) is 0 Å². The fourth-order valence-corrected chi connectivity index (χ4v) is 1.48. The van der Waals surface area contributed by atoms with Crippen LogP contribution in [0.4, 0.5) is 14.6 Å². The minimum atomic E-state index is -1.02. The Morgan fingerprint density at radius 1 is 1.35 bits per heavy atom. The summed E-state index contributed by atoms with van der Waals surface area (Å²) in [5, 5.41) is 6.17. The largest absolute Gasteiger partial charge is 0.491 e. The van der Waals surface area contributed by atoms with Crippen LogP contribution in [0.25, 0.3) is 11.3 Å². The summed E-state index contributed by atoms with van der Waals surface area (Å²) >= 11 is 0. The molecule has 1 aromatic heterocycles. The number of ether oxygens (including phenoxy) is 1. The molecule has 1 heterocycles. The maximum absolute atomic E-state index is 13.7. The van der Waals surface area contributed by atoms with Gasteiger partial charge in [0.1, 0.15) is 5.82 Å². The molecule has 0 aliphatic carbocycles. The standard InChI is InChI=1S/C11H11F2N3O/c1-2-17-8-4-3-6(10(12)11(8)13)7-5-9(14)16-15-7/h3-5H,2H2,1H3,(H3,14,15,16). The number of aromatic amines is 1. The monoisotopic (exact) mass is 239 g/mol. The third kappa shape index (κ3) is 2.06. The number of nitrogens with zero attached hydrogens (tertiary/aromatic N) is 1. The first kappa shape index (κ1) is 11.4. The Labute approximate surface area is 96.4 Å². The number of nitrogens with two attached hydrogens (primary N) is 1. The second kappa shape index (κ2) is 4.40. The molecule has 2 aromatic rings. The summed E-state index contributed by atoms with van der Waals surface area (Å²) in [5.41, 5.74) is 5.78. The summed E-state index contributed by atoms with van der Waals surface area (Å²) < 4.78 is 32.3. The van der Waals surface area contributed by atoms with E-state index in [2.05, 4.69) is 10.2 Å². The van der Waals surface area contributed by atoms with Gasteiger partial charge in [0.15, 0.2) is 11.6 Å². The molecule has 3 N–H and O–H groups in total. The van der Waals surface area contributed by atoms with Crippen LogP contribution >= 0.6 is 0 Å². The lowest BCUT2D eigenvalue weighted by Gasteiger charge is -2.07. The average molecular weight is 239 g/mol. The lowest BCUT2D eigenvalue weighted by Crippen LogP contribution is -1.98. The predicted octanol–water partition coefficient (Wildman–Crippen LogP) is 2.34. The highest BCUT2D eigenvalue weighted by Crippen LogP contribution is 2.29. The van der Waals surface area contributed by atoms with Gasteiger partial charge < -0.3 is 10.5 Å². The van der Waals surface area contributed by atoms with E-state index in [1.54, 1.807) is 6.92 Å². The summed E-state index contributed by atoms with van der Waals surface area (Å²) in [6.45, 7) is 1.97. The van der Waals surface area contributed by atoms with Crippen LogP contribution in [0.15, 0.2) is 18.2 Å². The van der Waals surface area contributed by atoms with E-state index in [0.29, 0.717) is 5.69 Å². The van der Waals surface area contributed by atoms with Crippen LogP contribution in [-0.4, -0.2) is 16.8 Å². The van der Waals surface area contributed by atoms with Gasteiger partial charge in [0.05, 0.1) is 12.3 Å². The molecule has 0 saturated carbocycles. The number of benzene rings is 1. The van der Waals surface area contributed by atoms with Crippen LogP contribution in [0.5, 0.6) is 5.75 Å². The molecular formula is C11H11F2N3O. The molecule has 4 nitrogen and oxygen atoms in total. The summed E-state index contributed by atoms with van der Waals surface area (Å²) in [7, 11) is 0. The minimum Gasteiger partial charge on any atom is -0.491 e. The molecule has 0 amide bonds. The van der Waals surface area contributed by atoms with Crippen LogP contribution < -0.4 is 10.5 Å². The van der Waals surface area contributed by atoms with Gasteiger partial charge in [-0.05, 0) is 19.1 Å². The van der Waals surface area contributed by atoms with Crippen molar-refractivity contribution >= 4 is 5.82 Å². The Hall–Kier alpha value is -2.11. The second-order valence-corrected chi connectivity index (χ2v) is 3.38. The average Bonchev–Trinajstić information content (AvgIpc) is 2.72. The third-order valence-electron chi connectivity index (χ3n) is 2.23. The Morgan fingerprint density at radius 3 is 2.71 bits per heavy atom. The van der Waals surface area contributed by atoms with Crippen molar-refractivity contribution in [2.75, 3.05) is 12.3 Å². The summed E-state index contributed by atoms with van der Waals surface area (Å²) in [6, 6.07) is 4.21. The number of nitrogen functional groups attached to an aromatic ring is 1. The number of rotatable bonds is 3. The quantitative estimate of drug-likeness (QED) is 0.864. The number of anilines is 1. The van der Waals surface area contributed by atoms with E-state index in [9.17, 15) is 8.78 Å². The van der Waals surface area contributed by atoms with Crippen molar-refractivity contribution in [2.24, 2.45) is 0 Å². The number of halogens is 2. The zero-order valence-corrected chi connectivity index (χ0v) is 9.13. The van der Waals surface area contributed by atoms with Crippen LogP contribution in [-0.2, 0) is 0 Å². The van der Waals surface area contributed by atoms with Crippen LogP contribution in [0.3, 0.4) is 0 Å². The molecular weight excluding hydrogens is 228 g/mol. The van der Waals surface area contributed by atoms with Gasteiger partial charge in [-0.2, -0.15) is 9.49 Å². The van der Waals surface area contributed by atoms with Crippen molar-refractivity contribution in [3.63, 3.8) is 0 Å². The van der Waals surface area contributed by atoms with Crippen molar-refractivity contribution in [1.29, 1.82) is 0 Å². The van der Waals surface area contributed by atoms with E-state index >= 15 is 0 Å². The Balaban J connectivity index is 2.47. The lowest BCUT2D eigenvalue weighted by molar-refractivity contribution is 0.314. The lowest BCUT2D eigenvalue weighted by atomic mass is 10.1. The van der Waals surface area contributed by atoms with Gasteiger partial charge in [-0.3, -0.25) is 5.10 Å². The molecule has 0 bridgehead atoms. The molecule has 0 atom stereocenters. The Morgan fingerprint density at radius 2 is 2.12 bits per heavy atom. The molecule has 0 radical (unpaired) electrons. The summed E-state index contributed by atoms with van der Waals surface area (Å²) in [6.07, 6.45) is 0. The SMILES string of the molecule is CCOc1ccc(-c2cc(N)n[nH]2)c(F)c1F. The molecule has 1 aromatic carbocycles. The highest BCUT2D eigenvalue weighted by molar-refractivity contribution is 5.63. The van der Waals surface area contributed by atoms with E-state index in [0.717, 1.165) is 0 Å². The fourth-order valence-electron chi connectivity index (χ4n) is 1.48. The highest BCUT2D eigenvalue weighted by Gasteiger charge is 2.16. The number of aromatic nitrogens is 2. The van der Waals surface area contributed by atoms with Crippen LogP contribution in [0.1, 0.15) is 6.92 Å². The second-order valence-electron chi connectivity index (χ2n) is 3.38. The van der Waals surface area contributed by atoms with Crippen molar-refractivity contribution < 1.29 is 13.5 Å². The van der Waals surface area contributed by atoms with Gasteiger partial charge in [0, 0.05) is 11.6 Å². The first-order valence-corrected chi connectivity index (χ1v) is 5.05. The van der Waals surface area contributed by atoms with Crippen molar-refractivity contribution in [2.45, 2.75) is 6.92 Å². The maximum Gasteiger partial charge on any atom is 0.201 e. The smallest absolute Gasteiger partial charge is 0.201 e. The van der Waals surface area contributed by atoms with Crippen molar-refractivity contribution in [1.82, 2.24) is 10.2 Å². The summed E-state index contributed by atoms with van der Waals surface area (Å²) in [4.78, 5) is 0. The molecule has 0 aliphatic rings. The van der Waals surface area contributed by atoms with Crippen molar-refractivity contribution in [3.05, 3.63) is 29.8 Å². The van der Waals surface area contributed by atoms with Crippen LogP contribution in [0.2, 0.25) is 0 Å². The molecule has 0 aliphatic heterocycles. The number of H-pyrrole nitrogens is 1. The first-order chi connectivity index (χ1) is 8.13. The highest BCUT2D eigenvalue weighted by atomic mass is 19.2. The van der Waals surface area contributed by atoms with Crippen LogP contribution in [0, 0.1) is 11.6 Å². The van der Waals surface area contributed by atoms with Gasteiger partial charge in [0.25, 0.3) is 0 Å². The topological polar surface area (TPSA) is 63.9 Å². The van der Waals surface area contributed by atoms with Gasteiger partial charge in [-0.1, -0.05) is 0 Å². The minimum absolute atomic E-state index is 0.0650. The van der Waals surface area contributed by atoms with Crippen molar-refractivity contribution in [3.8, 4) is 17.0 Å². The first-order valence-electron chi connectivity index (χ1n) is 5.05. The molecule has 0 spiro atoms. The molecule has 17 heavy (non-hydrogen) atoms. The molecule has 6 heteroatoms. The normalized spacial score (nSPS) is 10.5. The third-order valence-corrected chi connectivity index (χ3v) is 2.23. The Bertz CT molecular complexity index is 540. The van der Waals surface area contributed by atoms with E-state index in [1.807, 2.05) is 0 Å². The molecule has 90 valence electrons. The van der Waals surface area contributed by atoms with E-state index < -0.39 is 11.6 Å². The number of hydrogen-bond donors (Lipinski definition) is 2.